The fraction of sp³-hybridized carbons (Fsp3) is 0.533. The van der Waals surface area contributed by atoms with Crippen LogP contribution in [0.4, 0.5) is 0 Å². The normalized spacial score (nSPS) is 10.6. The molecule has 2 N–H and O–H groups in total. The highest BCUT2D eigenvalue weighted by molar-refractivity contribution is 7.80. The van der Waals surface area contributed by atoms with Crippen molar-refractivity contribution in [3.05, 3.63) is 29.3 Å². The minimum atomic E-state index is 0.334. The van der Waals surface area contributed by atoms with E-state index in [1.54, 1.807) is 7.11 Å². The molecule has 1 aromatic carbocycles. The molecule has 0 bridgehead atoms. The van der Waals surface area contributed by atoms with Gasteiger partial charge in [0.2, 0.25) is 0 Å². The third-order valence-corrected chi connectivity index (χ3v) is 2.91. The van der Waals surface area contributed by atoms with Gasteiger partial charge in [-0.1, -0.05) is 23.8 Å². The summed E-state index contributed by atoms with van der Waals surface area (Å²) >= 11 is 5.02. The van der Waals surface area contributed by atoms with E-state index in [4.69, 9.17) is 36.9 Å². The van der Waals surface area contributed by atoms with Crippen LogP contribution in [0.2, 0.25) is 0 Å². The summed E-state index contributed by atoms with van der Waals surface area (Å²) in [5, 5.41) is 0. The second-order valence-corrected chi connectivity index (χ2v) is 4.87. The van der Waals surface area contributed by atoms with Crippen LogP contribution in [0.15, 0.2) is 18.2 Å². The van der Waals surface area contributed by atoms with Gasteiger partial charge in [0.25, 0.3) is 0 Å². The molecule has 5 nitrogen and oxygen atoms in total. The number of thiocarbonyl (C=S) groups is 1. The van der Waals surface area contributed by atoms with Crippen LogP contribution in [-0.2, 0) is 14.2 Å². The van der Waals surface area contributed by atoms with Crippen molar-refractivity contribution in [3.63, 3.8) is 0 Å². The van der Waals surface area contributed by atoms with E-state index in [2.05, 4.69) is 0 Å². The Kier molecular flexibility index (Phi) is 8.93. The first-order chi connectivity index (χ1) is 10.1. The van der Waals surface area contributed by atoms with Crippen LogP contribution < -0.4 is 10.5 Å². The zero-order valence-corrected chi connectivity index (χ0v) is 13.4. The maximum atomic E-state index is 5.69. The predicted molar refractivity (Wildman–Crippen MR) is 86.1 cm³/mol. The van der Waals surface area contributed by atoms with Crippen LogP contribution in [0.25, 0.3) is 0 Å². The molecule has 1 rings (SSSR count). The molecule has 118 valence electrons. The van der Waals surface area contributed by atoms with Gasteiger partial charge >= 0.3 is 0 Å². The number of methoxy groups -OCH3 is 1. The largest absolute Gasteiger partial charge is 0.490 e. The third-order valence-electron chi connectivity index (χ3n) is 2.69. The molecule has 6 heteroatoms. The Labute approximate surface area is 131 Å². The molecule has 0 aromatic heterocycles. The van der Waals surface area contributed by atoms with Crippen molar-refractivity contribution in [2.24, 2.45) is 5.73 Å². The van der Waals surface area contributed by atoms with Gasteiger partial charge in [-0.3, -0.25) is 0 Å². The fourth-order valence-corrected chi connectivity index (χ4v) is 1.80. The number of hydrogen-bond acceptors (Lipinski definition) is 5. The van der Waals surface area contributed by atoms with Crippen molar-refractivity contribution in [1.82, 2.24) is 0 Å². The lowest BCUT2D eigenvalue weighted by molar-refractivity contribution is 0.0179. The van der Waals surface area contributed by atoms with Gasteiger partial charge in [-0.15, -0.1) is 0 Å². The van der Waals surface area contributed by atoms with Crippen LogP contribution >= 0.6 is 12.2 Å². The predicted octanol–water partition coefficient (Wildman–Crippen LogP) is 1.69. The van der Waals surface area contributed by atoms with Crippen LogP contribution in [0.5, 0.6) is 5.75 Å². The maximum Gasteiger partial charge on any atom is 0.129 e. The van der Waals surface area contributed by atoms with Crippen molar-refractivity contribution >= 4 is 17.2 Å². The molecule has 0 atom stereocenters. The summed E-state index contributed by atoms with van der Waals surface area (Å²) in [6.45, 7) is 5.16. The van der Waals surface area contributed by atoms with Crippen molar-refractivity contribution in [2.45, 2.75) is 6.92 Å². The number of nitrogens with two attached hydrogens (primary N) is 1. The van der Waals surface area contributed by atoms with E-state index < -0.39 is 0 Å². The van der Waals surface area contributed by atoms with Crippen LogP contribution in [-0.4, -0.2) is 51.7 Å². The van der Waals surface area contributed by atoms with E-state index in [1.165, 1.54) is 0 Å². The van der Waals surface area contributed by atoms with E-state index >= 15 is 0 Å². The molecular formula is C15H23NO4S. The SMILES string of the molecule is COCCOCCOCCOc1ccc(C)cc1C(N)=S. The first kappa shape index (κ1) is 17.8. The van der Waals surface area contributed by atoms with Gasteiger partial charge in [0.1, 0.15) is 17.3 Å². The monoisotopic (exact) mass is 313 g/mol. The molecular weight excluding hydrogens is 290 g/mol. The minimum Gasteiger partial charge on any atom is -0.490 e. The van der Waals surface area contributed by atoms with Gasteiger partial charge in [0.05, 0.1) is 38.6 Å². The van der Waals surface area contributed by atoms with Crippen LogP contribution in [0, 0.1) is 6.92 Å². The average Bonchev–Trinajstić information content (AvgIpc) is 2.46. The summed E-state index contributed by atoms with van der Waals surface area (Å²) in [6, 6.07) is 5.75. The minimum absolute atomic E-state index is 0.334. The molecule has 0 aliphatic carbocycles. The molecule has 0 saturated heterocycles. The molecule has 21 heavy (non-hydrogen) atoms. The number of ether oxygens (including phenoxy) is 4. The van der Waals surface area contributed by atoms with Crippen LogP contribution in [0.1, 0.15) is 11.1 Å². The first-order valence-electron chi connectivity index (χ1n) is 6.83. The topological polar surface area (TPSA) is 62.9 Å². The molecule has 0 aliphatic heterocycles. The Morgan fingerprint density at radius 3 is 2.29 bits per heavy atom. The highest BCUT2D eigenvalue weighted by Gasteiger charge is 2.06. The van der Waals surface area contributed by atoms with E-state index in [-0.39, 0.29) is 0 Å². The number of hydrogen-bond donors (Lipinski definition) is 1. The lowest BCUT2D eigenvalue weighted by Crippen LogP contribution is -2.15. The van der Waals surface area contributed by atoms with Gasteiger partial charge in [0.15, 0.2) is 0 Å². The smallest absolute Gasteiger partial charge is 0.129 e. The van der Waals surface area contributed by atoms with Gasteiger partial charge in [0, 0.05) is 7.11 Å². The zero-order valence-electron chi connectivity index (χ0n) is 12.6. The van der Waals surface area contributed by atoms with Gasteiger partial charge in [-0.05, 0) is 19.1 Å². The van der Waals surface area contributed by atoms with E-state index in [0.717, 1.165) is 11.1 Å². The Bertz CT molecular complexity index is 440. The van der Waals surface area contributed by atoms with E-state index in [0.29, 0.717) is 50.4 Å². The highest BCUT2D eigenvalue weighted by Crippen LogP contribution is 2.19. The fourth-order valence-electron chi connectivity index (χ4n) is 1.64. The zero-order chi connectivity index (χ0) is 15.5. The lowest BCUT2D eigenvalue weighted by Gasteiger charge is -2.11. The van der Waals surface area contributed by atoms with Crippen molar-refractivity contribution in [3.8, 4) is 5.75 Å². The summed E-state index contributed by atoms with van der Waals surface area (Å²) in [6.07, 6.45) is 0. The molecule has 0 aliphatic rings. The molecule has 0 saturated carbocycles. The molecule has 1 aromatic rings. The lowest BCUT2D eigenvalue weighted by atomic mass is 10.1. The standard InChI is InChI=1S/C15H23NO4S/c1-12-3-4-14(13(11-12)15(16)21)20-10-9-19-8-7-18-6-5-17-2/h3-4,11H,5-10H2,1-2H3,(H2,16,21). The molecule has 0 radical (unpaired) electrons. The maximum absolute atomic E-state index is 5.69. The van der Waals surface area contributed by atoms with Crippen molar-refractivity contribution < 1.29 is 18.9 Å². The van der Waals surface area contributed by atoms with Gasteiger partial charge < -0.3 is 24.7 Å². The summed E-state index contributed by atoms with van der Waals surface area (Å²) in [5.74, 6) is 0.688. The summed E-state index contributed by atoms with van der Waals surface area (Å²) in [7, 11) is 1.64. The first-order valence-corrected chi connectivity index (χ1v) is 7.23. The Hall–Kier alpha value is -1.21. The Morgan fingerprint density at radius 1 is 1.05 bits per heavy atom. The average molecular weight is 313 g/mol. The van der Waals surface area contributed by atoms with E-state index in [1.807, 2.05) is 25.1 Å². The molecule has 0 unspecified atom stereocenters. The molecule has 0 heterocycles. The third kappa shape index (κ3) is 7.38. The second-order valence-electron chi connectivity index (χ2n) is 4.43. The van der Waals surface area contributed by atoms with E-state index in [9.17, 15) is 0 Å². The quantitative estimate of drug-likeness (QED) is 0.495. The molecule has 0 spiro atoms. The summed E-state index contributed by atoms with van der Waals surface area (Å²) < 4.78 is 21.2. The Balaban J connectivity index is 2.20. The second kappa shape index (κ2) is 10.5. The summed E-state index contributed by atoms with van der Waals surface area (Å²) in [4.78, 5) is 0.334. The number of rotatable bonds is 11. The molecule has 0 amide bonds. The van der Waals surface area contributed by atoms with Gasteiger partial charge in [-0.2, -0.15) is 0 Å². The van der Waals surface area contributed by atoms with Crippen LogP contribution in [0.3, 0.4) is 0 Å². The number of benzene rings is 1. The van der Waals surface area contributed by atoms with Crippen molar-refractivity contribution in [2.75, 3.05) is 46.8 Å². The Morgan fingerprint density at radius 2 is 1.67 bits per heavy atom. The number of aryl methyl sites for hydroxylation is 1. The molecule has 0 fully saturated rings. The highest BCUT2D eigenvalue weighted by atomic mass is 32.1. The van der Waals surface area contributed by atoms with Crippen molar-refractivity contribution in [1.29, 1.82) is 0 Å². The summed E-state index contributed by atoms with van der Waals surface area (Å²) in [5.41, 5.74) is 7.54. The van der Waals surface area contributed by atoms with Gasteiger partial charge in [-0.25, -0.2) is 0 Å².